The van der Waals surface area contributed by atoms with Gasteiger partial charge in [0.25, 0.3) is 0 Å². The highest BCUT2D eigenvalue weighted by Gasteiger charge is 2.30. The Labute approximate surface area is 201 Å². The highest BCUT2D eigenvalue weighted by atomic mass is 35.5. The summed E-state index contributed by atoms with van der Waals surface area (Å²) in [6.45, 7) is 8.92. The number of ether oxygens (including phenoxy) is 1. The molecule has 0 amide bonds. The highest BCUT2D eigenvalue weighted by molar-refractivity contribution is 5.85. The van der Waals surface area contributed by atoms with Crippen LogP contribution in [0.4, 0.5) is 13.2 Å². The summed E-state index contributed by atoms with van der Waals surface area (Å²) in [5.41, 5.74) is 2.64. The van der Waals surface area contributed by atoms with Gasteiger partial charge < -0.3 is 9.64 Å². The number of rotatable bonds is 9. The zero-order chi connectivity index (χ0) is 21.4. The van der Waals surface area contributed by atoms with Crippen LogP contribution in [0.15, 0.2) is 48.5 Å². The first-order chi connectivity index (χ1) is 14.4. The van der Waals surface area contributed by atoms with Crippen molar-refractivity contribution >= 4 is 24.8 Å². The lowest BCUT2D eigenvalue weighted by Gasteiger charge is -2.34. The van der Waals surface area contributed by atoms with E-state index in [0.717, 1.165) is 57.8 Å². The number of nitrogens with zero attached hydrogens (tertiary/aromatic N) is 2. The van der Waals surface area contributed by atoms with Gasteiger partial charge in [0, 0.05) is 32.7 Å². The molecular weight excluding hydrogens is 460 g/mol. The fourth-order valence-corrected chi connectivity index (χ4v) is 3.72. The Morgan fingerprint density at radius 3 is 2.09 bits per heavy atom. The van der Waals surface area contributed by atoms with Crippen LogP contribution in [0.1, 0.15) is 28.7 Å². The molecule has 1 saturated heterocycles. The average Bonchev–Trinajstić information content (AvgIpc) is 2.73. The number of halogens is 5. The molecular formula is C24H33Cl2F3N2O. The molecule has 0 aliphatic carbocycles. The molecule has 0 bridgehead atoms. The van der Waals surface area contributed by atoms with Crippen LogP contribution in [0.5, 0.6) is 0 Å². The molecule has 0 atom stereocenters. The molecule has 0 aromatic heterocycles. The molecule has 1 aliphatic heterocycles. The maximum absolute atomic E-state index is 12.8. The van der Waals surface area contributed by atoms with Crippen LogP contribution in [-0.2, 0) is 23.9 Å². The maximum Gasteiger partial charge on any atom is 0.416 e. The van der Waals surface area contributed by atoms with Gasteiger partial charge in [-0.3, -0.25) is 4.90 Å². The van der Waals surface area contributed by atoms with Gasteiger partial charge in [-0.15, -0.1) is 24.8 Å². The second kappa shape index (κ2) is 14.1. The predicted molar refractivity (Wildman–Crippen MR) is 128 cm³/mol. The van der Waals surface area contributed by atoms with Crippen LogP contribution >= 0.6 is 24.8 Å². The van der Waals surface area contributed by atoms with Crippen molar-refractivity contribution in [2.75, 3.05) is 45.9 Å². The molecule has 180 valence electrons. The van der Waals surface area contributed by atoms with Crippen molar-refractivity contribution in [3.05, 3.63) is 70.8 Å². The van der Waals surface area contributed by atoms with Crippen molar-refractivity contribution in [3.63, 3.8) is 0 Å². The molecule has 3 nitrogen and oxygen atoms in total. The summed E-state index contributed by atoms with van der Waals surface area (Å²) >= 11 is 0. The van der Waals surface area contributed by atoms with Gasteiger partial charge >= 0.3 is 6.18 Å². The lowest BCUT2D eigenvalue weighted by atomic mass is 10.1. The molecule has 0 spiro atoms. The summed E-state index contributed by atoms with van der Waals surface area (Å²) in [5.74, 6) is 0. The van der Waals surface area contributed by atoms with Crippen LogP contribution in [0.2, 0.25) is 0 Å². The van der Waals surface area contributed by atoms with Crippen molar-refractivity contribution < 1.29 is 17.9 Å². The smallest absolute Gasteiger partial charge is 0.375 e. The average molecular weight is 493 g/mol. The summed E-state index contributed by atoms with van der Waals surface area (Å²) in [7, 11) is 0. The third kappa shape index (κ3) is 9.67. The summed E-state index contributed by atoms with van der Waals surface area (Å²) in [5, 5.41) is 0. The fourth-order valence-electron chi connectivity index (χ4n) is 3.72. The minimum absolute atomic E-state index is 0. The van der Waals surface area contributed by atoms with Crippen LogP contribution in [0.25, 0.3) is 0 Å². The number of piperazine rings is 1. The molecule has 2 aromatic rings. The first kappa shape index (κ1) is 28.7. The van der Waals surface area contributed by atoms with E-state index in [-0.39, 0.29) is 31.4 Å². The Morgan fingerprint density at radius 2 is 1.47 bits per heavy atom. The molecule has 2 aromatic carbocycles. The standard InChI is InChI=1S/C24H31F3N2O.2ClH/c1-20-7-9-21(10-8-20)5-3-11-28-12-14-29(15-13-28)16-17-30-19-22-4-2-6-23(18-22)24(25,26)27;;/h2,4,6-10,18H,3,5,11-17,19H2,1H3;2*1H. The number of aryl methyl sites for hydroxylation is 2. The van der Waals surface area contributed by atoms with E-state index >= 15 is 0 Å². The topological polar surface area (TPSA) is 15.7 Å². The van der Waals surface area contributed by atoms with E-state index in [1.807, 2.05) is 0 Å². The predicted octanol–water partition coefficient (Wildman–Crippen LogP) is 5.62. The molecule has 3 rings (SSSR count). The van der Waals surface area contributed by atoms with Crippen LogP contribution in [0.3, 0.4) is 0 Å². The second-order valence-electron chi connectivity index (χ2n) is 8.02. The van der Waals surface area contributed by atoms with E-state index in [4.69, 9.17) is 4.74 Å². The van der Waals surface area contributed by atoms with Crippen LogP contribution in [0, 0.1) is 6.92 Å². The summed E-state index contributed by atoms with van der Waals surface area (Å²) in [6, 6.07) is 14.1. The highest BCUT2D eigenvalue weighted by Crippen LogP contribution is 2.29. The van der Waals surface area contributed by atoms with Crippen molar-refractivity contribution in [2.45, 2.75) is 32.5 Å². The number of hydrogen-bond donors (Lipinski definition) is 0. The summed E-state index contributed by atoms with van der Waals surface area (Å²) in [6.07, 6.45) is -2.02. The van der Waals surface area contributed by atoms with E-state index in [9.17, 15) is 13.2 Å². The molecule has 1 fully saturated rings. The van der Waals surface area contributed by atoms with Gasteiger partial charge in [0.1, 0.15) is 0 Å². The maximum atomic E-state index is 12.8. The Balaban J connectivity index is 0.00000256. The Bertz CT molecular complexity index is 780. The Hall–Kier alpha value is -1.31. The third-order valence-electron chi connectivity index (χ3n) is 5.60. The largest absolute Gasteiger partial charge is 0.416 e. The fraction of sp³-hybridized carbons (Fsp3) is 0.500. The van der Waals surface area contributed by atoms with Crippen molar-refractivity contribution in [3.8, 4) is 0 Å². The zero-order valence-corrected chi connectivity index (χ0v) is 20.1. The van der Waals surface area contributed by atoms with Crippen molar-refractivity contribution in [1.82, 2.24) is 9.80 Å². The molecule has 0 saturated carbocycles. The molecule has 8 heteroatoms. The van der Waals surface area contributed by atoms with E-state index in [0.29, 0.717) is 12.2 Å². The van der Waals surface area contributed by atoms with Crippen molar-refractivity contribution in [1.29, 1.82) is 0 Å². The van der Waals surface area contributed by atoms with E-state index in [1.54, 1.807) is 6.07 Å². The second-order valence-corrected chi connectivity index (χ2v) is 8.02. The summed E-state index contributed by atoms with van der Waals surface area (Å²) < 4.78 is 43.9. The number of alkyl halides is 3. The minimum Gasteiger partial charge on any atom is -0.375 e. The zero-order valence-electron chi connectivity index (χ0n) is 18.4. The molecule has 0 unspecified atom stereocenters. The van der Waals surface area contributed by atoms with Gasteiger partial charge in [0.2, 0.25) is 0 Å². The SMILES string of the molecule is Cc1ccc(CCCN2CCN(CCOCc3cccc(C(F)(F)F)c3)CC2)cc1.Cl.Cl. The van der Waals surface area contributed by atoms with E-state index in [2.05, 4.69) is 41.0 Å². The lowest BCUT2D eigenvalue weighted by molar-refractivity contribution is -0.137. The summed E-state index contributed by atoms with van der Waals surface area (Å²) in [4.78, 5) is 4.87. The Morgan fingerprint density at radius 1 is 0.844 bits per heavy atom. The molecule has 32 heavy (non-hydrogen) atoms. The molecule has 0 N–H and O–H groups in total. The van der Waals surface area contributed by atoms with Gasteiger partial charge in [-0.2, -0.15) is 13.2 Å². The normalized spacial score (nSPS) is 15.1. The van der Waals surface area contributed by atoms with Gasteiger partial charge in [-0.1, -0.05) is 42.0 Å². The molecule has 0 radical (unpaired) electrons. The van der Waals surface area contributed by atoms with Gasteiger partial charge in [-0.25, -0.2) is 0 Å². The van der Waals surface area contributed by atoms with Crippen LogP contribution < -0.4 is 0 Å². The molecule has 1 heterocycles. The van der Waals surface area contributed by atoms with Crippen LogP contribution in [-0.4, -0.2) is 55.7 Å². The van der Waals surface area contributed by atoms with E-state index < -0.39 is 11.7 Å². The Kier molecular flexibility index (Phi) is 12.6. The lowest BCUT2D eigenvalue weighted by Crippen LogP contribution is -2.47. The van der Waals surface area contributed by atoms with E-state index in [1.165, 1.54) is 23.6 Å². The first-order valence-corrected chi connectivity index (χ1v) is 10.6. The number of hydrogen-bond acceptors (Lipinski definition) is 3. The van der Waals surface area contributed by atoms with Gasteiger partial charge in [-0.05, 0) is 49.6 Å². The van der Waals surface area contributed by atoms with Gasteiger partial charge in [0.05, 0.1) is 18.8 Å². The minimum atomic E-state index is -4.31. The van der Waals surface area contributed by atoms with Gasteiger partial charge in [0.15, 0.2) is 0 Å². The van der Waals surface area contributed by atoms with Crippen molar-refractivity contribution in [2.24, 2.45) is 0 Å². The third-order valence-corrected chi connectivity index (χ3v) is 5.60. The first-order valence-electron chi connectivity index (χ1n) is 10.6. The monoisotopic (exact) mass is 492 g/mol. The quantitative estimate of drug-likeness (QED) is 0.422. The molecule has 1 aliphatic rings. The number of benzene rings is 2.